The Bertz CT molecular complexity index is 922. The molecule has 2 amide bonds. The topological polar surface area (TPSA) is 75.2 Å². The first kappa shape index (κ1) is 19.4. The van der Waals surface area contributed by atoms with Gasteiger partial charge < -0.3 is 10.2 Å². The van der Waals surface area contributed by atoms with Crippen LogP contribution in [0.1, 0.15) is 36.2 Å². The predicted octanol–water partition coefficient (Wildman–Crippen LogP) is 2.80. The van der Waals surface area contributed by atoms with Crippen molar-refractivity contribution >= 4 is 17.5 Å². The Kier molecular flexibility index (Phi) is 4.97. The van der Waals surface area contributed by atoms with Gasteiger partial charge in [-0.3, -0.25) is 9.59 Å². The molecule has 6 nitrogen and oxygen atoms in total. The van der Waals surface area contributed by atoms with E-state index in [1.54, 1.807) is 0 Å². The van der Waals surface area contributed by atoms with Gasteiger partial charge in [0.2, 0.25) is 5.91 Å². The number of anilines is 1. The van der Waals surface area contributed by atoms with Crippen molar-refractivity contribution in [1.82, 2.24) is 15.3 Å². The number of aromatic nitrogens is 2. The number of carbonyl (C=O) groups excluding carboxylic acids is 2. The second-order valence-corrected chi connectivity index (χ2v) is 7.62. The fraction of sp³-hybridized carbons (Fsp3) is 0.400. The molecule has 0 bridgehead atoms. The van der Waals surface area contributed by atoms with Gasteiger partial charge in [0.1, 0.15) is 29.8 Å². The van der Waals surface area contributed by atoms with Crippen molar-refractivity contribution in [1.29, 1.82) is 0 Å². The smallest absolute Gasteiger partial charge is 0.270 e. The largest absolute Gasteiger partial charge is 0.348 e. The summed E-state index contributed by atoms with van der Waals surface area (Å²) in [5.74, 6) is -2.39. The van der Waals surface area contributed by atoms with Crippen LogP contribution in [0.5, 0.6) is 0 Å². The van der Waals surface area contributed by atoms with Crippen molar-refractivity contribution in [3.05, 3.63) is 54.1 Å². The standard InChI is InChI=1S/C20H19F3N4O2/c21-12-5-13(22)8-16(7-12)27-4-2-20(19(27)29)9-14(23)6-15(10-20)26-18(28)17-1-3-24-11-25-17/h1,3,5,7-8,11,14-15H,2,4,6,9-10H2,(H,26,28). The summed E-state index contributed by atoms with van der Waals surface area (Å²) in [5, 5.41) is 2.75. The van der Waals surface area contributed by atoms with E-state index in [9.17, 15) is 22.8 Å². The van der Waals surface area contributed by atoms with Crippen LogP contribution < -0.4 is 10.2 Å². The average Bonchev–Trinajstić information content (AvgIpc) is 2.96. The van der Waals surface area contributed by atoms with Crippen LogP contribution in [0.15, 0.2) is 36.8 Å². The van der Waals surface area contributed by atoms with E-state index >= 15 is 0 Å². The molecule has 1 aromatic heterocycles. The molecule has 3 unspecified atom stereocenters. The molecule has 4 rings (SSSR count). The van der Waals surface area contributed by atoms with Gasteiger partial charge in [-0.2, -0.15) is 0 Å². The molecular formula is C20H19F3N4O2. The maximum atomic E-state index is 14.5. The zero-order valence-electron chi connectivity index (χ0n) is 15.4. The third-order valence-corrected chi connectivity index (χ3v) is 5.61. The third kappa shape index (κ3) is 3.81. The molecule has 2 heterocycles. The lowest BCUT2D eigenvalue weighted by Gasteiger charge is -2.38. The monoisotopic (exact) mass is 404 g/mol. The van der Waals surface area contributed by atoms with Crippen molar-refractivity contribution in [2.75, 3.05) is 11.4 Å². The van der Waals surface area contributed by atoms with E-state index in [0.29, 0.717) is 6.42 Å². The van der Waals surface area contributed by atoms with E-state index in [0.717, 1.165) is 18.2 Å². The first-order valence-electron chi connectivity index (χ1n) is 9.35. The molecule has 1 aromatic carbocycles. The summed E-state index contributed by atoms with van der Waals surface area (Å²) in [5.41, 5.74) is -0.735. The maximum Gasteiger partial charge on any atom is 0.270 e. The number of amides is 2. The van der Waals surface area contributed by atoms with Gasteiger partial charge >= 0.3 is 0 Å². The van der Waals surface area contributed by atoms with Crippen LogP contribution in [0.25, 0.3) is 0 Å². The summed E-state index contributed by atoms with van der Waals surface area (Å²) in [7, 11) is 0. The Balaban J connectivity index is 1.53. The fourth-order valence-electron chi connectivity index (χ4n) is 4.39. The number of carbonyl (C=O) groups is 2. The van der Waals surface area contributed by atoms with Crippen molar-refractivity contribution < 1.29 is 22.8 Å². The van der Waals surface area contributed by atoms with Gasteiger partial charge in [0.25, 0.3) is 5.91 Å². The summed E-state index contributed by atoms with van der Waals surface area (Å²) in [4.78, 5) is 34.4. The van der Waals surface area contributed by atoms with E-state index < -0.39 is 35.2 Å². The number of hydrogen-bond donors (Lipinski definition) is 1. The summed E-state index contributed by atoms with van der Waals surface area (Å²) >= 11 is 0. The summed E-state index contributed by atoms with van der Waals surface area (Å²) in [6, 6.07) is 3.81. The van der Waals surface area contributed by atoms with Crippen LogP contribution in [0.4, 0.5) is 18.9 Å². The lowest BCUT2D eigenvalue weighted by molar-refractivity contribution is -0.128. The Morgan fingerprint density at radius 1 is 1.21 bits per heavy atom. The Morgan fingerprint density at radius 3 is 2.66 bits per heavy atom. The molecular weight excluding hydrogens is 385 g/mol. The summed E-state index contributed by atoms with van der Waals surface area (Å²) < 4.78 is 41.7. The minimum atomic E-state index is -1.27. The Labute approximate surface area is 165 Å². The number of hydrogen-bond acceptors (Lipinski definition) is 4. The second-order valence-electron chi connectivity index (χ2n) is 7.62. The van der Waals surface area contributed by atoms with Crippen LogP contribution in [-0.2, 0) is 4.79 Å². The molecule has 1 aliphatic carbocycles. The molecule has 2 aliphatic rings. The molecule has 1 saturated heterocycles. The normalized spacial score (nSPS) is 26.7. The molecule has 3 atom stereocenters. The van der Waals surface area contributed by atoms with Gasteiger partial charge in [-0.1, -0.05) is 0 Å². The average molecular weight is 404 g/mol. The van der Waals surface area contributed by atoms with E-state index in [-0.39, 0.29) is 43.1 Å². The van der Waals surface area contributed by atoms with Crippen molar-refractivity contribution in [3.8, 4) is 0 Å². The van der Waals surface area contributed by atoms with Gasteiger partial charge in [0.05, 0.1) is 5.41 Å². The lowest BCUT2D eigenvalue weighted by Crippen LogP contribution is -2.49. The lowest BCUT2D eigenvalue weighted by atomic mass is 9.70. The quantitative estimate of drug-likeness (QED) is 0.854. The first-order valence-corrected chi connectivity index (χ1v) is 9.35. The Hall–Kier alpha value is -2.97. The molecule has 2 fully saturated rings. The van der Waals surface area contributed by atoms with Gasteiger partial charge in [-0.05, 0) is 43.9 Å². The van der Waals surface area contributed by atoms with E-state index in [2.05, 4.69) is 15.3 Å². The molecule has 1 N–H and O–H groups in total. The number of benzene rings is 1. The minimum absolute atomic E-state index is 0.0278. The van der Waals surface area contributed by atoms with Crippen molar-refractivity contribution in [3.63, 3.8) is 0 Å². The SMILES string of the molecule is O=C(NC1CC(F)CC2(CCN(c3cc(F)cc(F)c3)C2=O)C1)c1ccncn1. The van der Waals surface area contributed by atoms with E-state index in [4.69, 9.17) is 0 Å². The van der Waals surface area contributed by atoms with Crippen LogP contribution in [0.2, 0.25) is 0 Å². The molecule has 29 heavy (non-hydrogen) atoms. The molecule has 1 saturated carbocycles. The van der Waals surface area contributed by atoms with Crippen LogP contribution in [0.3, 0.4) is 0 Å². The highest BCUT2D eigenvalue weighted by atomic mass is 19.1. The fourth-order valence-corrected chi connectivity index (χ4v) is 4.39. The number of rotatable bonds is 3. The first-order chi connectivity index (χ1) is 13.9. The predicted molar refractivity (Wildman–Crippen MR) is 97.8 cm³/mol. The van der Waals surface area contributed by atoms with Gasteiger partial charge in [-0.25, -0.2) is 23.1 Å². The summed E-state index contributed by atoms with van der Waals surface area (Å²) in [6.07, 6.45) is 2.14. The van der Waals surface area contributed by atoms with Crippen molar-refractivity contribution in [2.24, 2.45) is 5.41 Å². The Morgan fingerprint density at radius 2 is 1.97 bits per heavy atom. The molecule has 1 spiro atoms. The highest BCUT2D eigenvalue weighted by Crippen LogP contribution is 2.47. The van der Waals surface area contributed by atoms with Gasteiger partial charge in [-0.15, -0.1) is 0 Å². The molecule has 1 aliphatic heterocycles. The van der Waals surface area contributed by atoms with E-state index in [1.165, 1.54) is 23.5 Å². The van der Waals surface area contributed by atoms with Gasteiger partial charge in [0, 0.05) is 30.5 Å². The van der Waals surface area contributed by atoms with Crippen LogP contribution in [0, 0.1) is 17.0 Å². The number of halogens is 3. The van der Waals surface area contributed by atoms with Crippen LogP contribution >= 0.6 is 0 Å². The number of nitrogens with zero attached hydrogens (tertiary/aromatic N) is 3. The molecule has 9 heteroatoms. The molecule has 2 aromatic rings. The van der Waals surface area contributed by atoms with Crippen LogP contribution in [-0.4, -0.2) is 40.5 Å². The van der Waals surface area contributed by atoms with Gasteiger partial charge in [0.15, 0.2) is 0 Å². The minimum Gasteiger partial charge on any atom is -0.348 e. The highest BCUT2D eigenvalue weighted by Gasteiger charge is 2.52. The zero-order chi connectivity index (χ0) is 20.6. The highest BCUT2D eigenvalue weighted by molar-refractivity contribution is 6.00. The molecule has 152 valence electrons. The van der Waals surface area contributed by atoms with Crippen molar-refractivity contribution in [2.45, 2.75) is 37.9 Å². The van der Waals surface area contributed by atoms with E-state index in [1.807, 2.05) is 0 Å². The third-order valence-electron chi connectivity index (χ3n) is 5.61. The molecule has 0 radical (unpaired) electrons. The zero-order valence-corrected chi connectivity index (χ0v) is 15.4. The number of nitrogens with one attached hydrogen (secondary N) is 1. The number of alkyl halides is 1. The maximum absolute atomic E-state index is 14.5. The summed E-state index contributed by atoms with van der Waals surface area (Å²) in [6.45, 7) is 0.237. The second kappa shape index (κ2) is 7.46.